The van der Waals surface area contributed by atoms with E-state index in [1.807, 2.05) is 0 Å². The van der Waals surface area contributed by atoms with Crippen molar-refractivity contribution in [3.05, 3.63) is 17.5 Å². The van der Waals surface area contributed by atoms with Gasteiger partial charge in [-0.05, 0) is 25.7 Å². The second-order valence-electron chi connectivity index (χ2n) is 6.39. The van der Waals surface area contributed by atoms with E-state index in [0.717, 1.165) is 31.4 Å². The van der Waals surface area contributed by atoms with Gasteiger partial charge in [0.25, 0.3) is 5.91 Å². The van der Waals surface area contributed by atoms with Gasteiger partial charge in [0.2, 0.25) is 10.0 Å². The van der Waals surface area contributed by atoms with Crippen molar-refractivity contribution in [3.8, 4) is 0 Å². The molecule has 1 aliphatic heterocycles. The third-order valence-electron chi connectivity index (χ3n) is 4.60. The van der Waals surface area contributed by atoms with Gasteiger partial charge in [0.1, 0.15) is 0 Å². The van der Waals surface area contributed by atoms with Crippen LogP contribution in [-0.2, 0) is 14.8 Å². The smallest absolute Gasteiger partial charge is 0.254 e. The predicted octanol–water partition coefficient (Wildman–Crippen LogP) is 0.458. The van der Waals surface area contributed by atoms with E-state index < -0.39 is 10.0 Å². The highest BCUT2D eigenvalue weighted by Gasteiger charge is 2.42. The molecule has 1 aliphatic carbocycles. The van der Waals surface area contributed by atoms with Gasteiger partial charge in [0.05, 0.1) is 29.3 Å². The first-order chi connectivity index (χ1) is 11.5. The molecule has 1 saturated carbocycles. The predicted molar refractivity (Wildman–Crippen MR) is 88.3 cm³/mol. The molecule has 0 spiro atoms. The number of aromatic amines is 1. The van der Waals surface area contributed by atoms with Gasteiger partial charge in [-0.25, -0.2) is 12.7 Å². The zero-order chi connectivity index (χ0) is 17.2. The quantitative estimate of drug-likeness (QED) is 0.691. The molecule has 2 aliphatic rings. The van der Waals surface area contributed by atoms with Gasteiger partial charge < -0.3 is 10.1 Å². The first-order valence-electron chi connectivity index (χ1n) is 8.33. The van der Waals surface area contributed by atoms with Crippen LogP contribution in [-0.4, -0.2) is 67.4 Å². The summed E-state index contributed by atoms with van der Waals surface area (Å²) in [6, 6.07) is 0. The second kappa shape index (κ2) is 7.20. The molecule has 9 heteroatoms. The molecule has 2 fully saturated rings. The zero-order valence-corrected chi connectivity index (χ0v) is 14.6. The lowest BCUT2D eigenvalue weighted by Crippen LogP contribution is -2.41. The summed E-state index contributed by atoms with van der Waals surface area (Å²) < 4.78 is 31.4. The SMILES string of the molecule is COCCNC(=O)c1cn[nH]c1[C@H]1CCCN(S(=O)(=O)C2CC2)C1. The molecule has 0 radical (unpaired) electrons. The van der Waals surface area contributed by atoms with Crippen molar-refractivity contribution < 1.29 is 17.9 Å². The summed E-state index contributed by atoms with van der Waals surface area (Å²) in [6.45, 7) is 1.85. The van der Waals surface area contributed by atoms with Crippen LogP contribution in [0.2, 0.25) is 0 Å². The molecule has 1 aromatic rings. The van der Waals surface area contributed by atoms with Crippen molar-refractivity contribution in [1.29, 1.82) is 0 Å². The summed E-state index contributed by atoms with van der Waals surface area (Å²) in [5, 5.41) is 9.48. The van der Waals surface area contributed by atoms with E-state index in [1.54, 1.807) is 11.4 Å². The molecule has 0 aromatic carbocycles. The molecule has 1 amide bonds. The van der Waals surface area contributed by atoms with E-state index >= 15 is 0 Å². The van der Waals surface area contributed by atoms with Crippen LogP contribution in [0.1, 0.15) is 47.7 Å². The van der Waals surface area contributed by atoms with Gasteiger partial charge >= 0.3 is 0 Å². The number of aromatic nitrogens is 2. The average Bonchev–Trinajstić information content (AvgIpc) is 3.33. The molecule has 1 saturated heterocycles. The van der Waals surface area contributed by atoms with E-state index in [9.17, 15) is 13.2 Å². The number of amides is 1. The maximum Gasteiger partial charge on any atom is 0.254 e. The maximum atomic E-state index is 12.5. The van der Waals surface area contributed by atoms with Crippen LogP contribution >= 0.6 is 0 Å². The minimum Gasteiger partial charge on any atom is -0.383 e. The Bertz CT molecular complexity index is 683. The Morgan fingerprint density at radius 1 is 1.46 bits per heavy atom. The Morgan fingerprint density at radius 2 is 2.25 bits per heavy atom. The van der Waals surface area contributed by atoms with E-state index in [2.05, 4.69) is 15.5 Å². The number of hydrogen-bond acceptors (Lipinski definition) is 5. The highest BCUT2D eigenvalue weighted by atomic mass is 32.2. The van der Waals surface area contributed by atoms with Crippen LogP contribution in [0.4, 0.5) is 0 Å². The molecule has 134 valence electrons. The van der Waals surface area contributed by atoms with Gasteiger partial charge in [0, 0.05) is 32.7 Å². The monoisotopic (exact) mass is 356 g/mol. The highest BCUT2D eigenvalue weighted by Crippen LogP contribution is 2.35. The summed E-state index contributed by atoms with van der Waals surface area (Å²) in [4.78, 5) is 12.3. The lowest BCUT2D eigenvalue weighted by atomic mass is 9.93. The van der Waals surface area contributed by atoms with Crippen LogP contribution < -0.4 is 5.32 Å². The zero-order valence-electron chi connectivity index (χ0n) is 13.8. The third kappa shape index (κ3) is 3.62. The normalized spacial score (nSPS) is 22.5. The third-order valence-corrected chi connectivity index (χ3v) is 6.97. The van der Waals surface area contributed by atoms with Crippen LogP contribution in [0.15, 0.2) is 6.20 Å². The van der Waals surface area contributed by atoms with Crippen LogP contribution in [0.25, 0.3) is 0 Å². The van der Waals surface area contributed by atoms with E-state index in [1.165, 1.54) is 6.20 Å². The Balaban J connectivity index is 1.70. The van der Waals surface area contributed by atoms with Crippen molar-refractivity contribution >= 4 is 15.9 Å². The average molecular weight is 356 g/mol. The molecule has 0 unspecified atom stereocenters. The first-order valence-corrected chi connectivity index (χ1v) is 9.83. The van der Waals surface area contributed by atoms with Gasteiger partial charge in [0.15, 0.2) is 0 Å². The fourth-order valence-corrected chi connectivity index (χ4v) is 5.06. The van der Waals surface area contributed by atoms with E-state index in [-0.39, 0.29) is 17.1 Å². The molecule has 3 rings (SSSR count). The van der Waals surface area contributed by atoms with Crippen molar-refractivity contribution in [3.63, 3.8) is 0 Å². The number of H-pyrrole nitrogens is 1. The van der Waals surface area contributed by atoms with Crippen molar-refractivity contribution in [1.82, 2.24) is 19.8 Å². The van der Waals surface area contributed by atoms with E-state index in [0.29, 0.717) is 31.8 Å². The van der Waals surface area contributed by atoms with Crippen LogP contribution in [0.3, 0.4) is 0 Å². The molecule has 2 N–H and O–H groups in total. The minimum absolute atomic E-state index is 0.0297. The number of sulfonamides is 1. The number of carbonyl (C=O) groups excluding carboxylic acids is 1. The first kappa shape index (κ1) is 17.4. The number of nitrogens with one attached hydrogen (secondary N) is 2. The lowest BCUT2D eigenvalue weighted by molar-refractivity contribution is 0.0935. The summed E-state index contributed by atoms with van der Waals surface area (Å²) in [6.07, 6.45) is 4.67. The fourth-order valence-electron chi connectivity index (χ4n) is 3.14. The van der Waals surface area contributed by atoms with Crippen LogP contribution in [0.5, 0.6) is 0 Å². The molecular weight excluding hydrogens is 332 g/mol. The molecule has 24 heavy (non-hydrogen) atoms. The Labute approximate surface area is 142 Å². The molecule has 1 aromatic heterocycles. The summed E-state index contributed by atoms with van der Waals surface area (Å²) in [5.74, 6) is -0.240. The van der Waals surface area contributed by atoms with Gasteiger partial charge in [-0.15, -0.1) is 0 Å². The highest BCUT2D eigenvalue weighted by molar-refractivity contribution is 7.90. The number of carbonyl (C=O) groups is 1. The van der Waals surface area contributed by atoms with Gasteiger partial charge in [-0.3, -0.25) is 9.89 Å². The standard InChI is InChI=1S/C15H24N4O4S/c1-23-8-6-16-15(20)13-9-17-18-14(13)11-3-2-7-19(10-11)24(21,22)12-4-5-12/h9,11-12H,2-8,10H2,1H3,(H,16,20)(H,17,18)/t11-/m0/s1. The largest absolute Gasteiger partial charge is 0.383 e. The molecule has 0 bridgehead atoms. The van der Waals surface area contributed by atoms with Gasteiger partial charge in [-0.2, -0.15) is 5.10 Å². The second-order valence-corrected chi connectivity index (χ2v) is 8.60. The topological polar surface area (TPSA) is 104 Å². The van der Waals surface area contributed by atoms with Gasteiger partial charge in [-0.1, -0.05) is 0 Å². The lowest BCUT2D eigenvalue weighted by Gasteiger charge is -2.31. The summed E-state index contributed by atoms with van der Waals surface area (Å²) >= 11 is 0. The fraction of sp³-hybridized carbons (Fsp3) is 0.733. The Kier molecular flexibility index (Phi) is 5.21. The molecule has 2 heterocycles. The van der Waals surface area contributed by atoms with Crippen molar-refractivity contribution in [2.75, 3.05) is 33.4 Å². The van der Waals surface area contributed by atoms with Crippen molar-refractivity contribution in [2.45, 2.75) is 36.9 Å². The number of methoxy groups -OCH3 is 1. The number of piperidine rings is 1. The Hall–Kier alpha value is -1.45. The minimum atomic E-state index is -3.18. The number of hydrogen-bond donors (Lipinski definition) is 2. The number of rotatable bonds is 7. The summed E-state index contributed by atoms with van der Waals surface area (Å²) in [5.41, 5.74) is 1.21. The molecule has 8 nitrogen and oxygen atoms in total. The van der Waals surface area contributed by atoms with Crippen molar-refractivity contribution in [2.24, 2.45) is 0 Å². The number of nitrogens with zero attached hydrogens (tertiary/aromatic N) is 2. The maximum absolute atomic E-state index is 12.5. The molecule has 1 atom stereocenters. The number of ether oxygens (including phenoxy) is 1. The Morgan fingerprint density at radius 3 is 2.96 bits per heavy atom. The van der Waals surface area contributed by atoms with E-state index in [4.69, 9.17) is 4.74 Å². The van der Waals surface area contributed by atoms with Crippen LogP contribution in [0, 0.1) is 0 Å². The molecular formula is C15H24N4O4S. The summed E-state index contributed by atoms with van der Waals surface area (Å²) in [7, 11) is -1.61.